The number of nitrogens with zero attached hydrogens (tertiary/aromatic N) is 6. The lowest BCUT2D eigenvalue weighted by Crippen LogP contribution is -2.49. The molecule has 1 aliphatic carbocycles. The predicted octanol–water partition coefficient (Wildman–Crippen LogP) is 4.38. The number of nitrogens with one attached hydrogen (secondary N) is 1. The normalized spacial score (nSPS) is 18.4. The van der Waals surface area contributed by atoms with E-state index in [4.69, 9.17) is 0 Å². The van der Waals surface area contributed by atoms with Crippen molar-refractivity contribution < 1.29 is 4.39 Å². The van der Waals surface area contributed by atoms with Gasteiger partial charge in [0.1, 0.15) is 11.9 Å². The minimum Gasteiger partial charge on any atom is -0.369 e. The smallest absolute Gasteiger partial charge is 0.253 e. The van der Waals surface area contributed by atoms with Gasteiger partial charge < -0.3 is 9.88 Å². The second-order valence-corrected chi connectivity index (χ2v) is 10.3. The van der Waals surface area contributed by atoms with Gasteiger partial charge in [-0.3, -0.25) is 9.69 Å². The number of rotatable bonds is 5. The molecule has 4 aromatic rings. The highest BCUT2D eigenvalue weighted by atomic mass is 19.1. The third-order valence-electron chi connectivity index (χ3n) is 7.88. The van der Waals surface area contributed by atoms with Gasteiger partial charge >= 0.3 is 0 Å². The van der Waals surface area contributed by atoms with E-state index in [1.165, 1.54) is 31.4 Å². The van der Waals surface area contributed by atoms with Crippen molar-refractivity contribution in [1.29, 1.82) is 0 Å². The van der Waals surface area contributed by atoms with Crippen molar-refractivity contribution in [2.24, 2.45) is 0 Å². The number of aromatic nitrogens is 5. The topological polar surface area (TPSA) is 82.9 Å². The standard InChI is InChI=1S/C28H32FN7O/c1-19-7-8-20-18-24(28(37)30-25(20)17-19)26(27-31-32-33-36(27)23-5-3-2-4-6-23)35-15-13-34(14-16-35)22-11-9-21(29)10-12-22/h7-12,17-18,23,26H,2-6,13-16H2,1H3,(H,30,37). The molecule has 1 atom stereocenters. The summed E-state index contributed by atoms with van der Waals surface area (Å²) in [7, 11) is 0. The van der Waals surface area contributed by atoms with Crippen LogP contribution in [0.5, 0.6) is 0 Å². The Hall–Kier alpha value is -3.59. The monoisotopic (exact) mass is 501 g/mol. The second-order valence-electron chi connectivity index (χ2n) is 10.3. The van der Waals surface area contributed by atoms with E-state index in [9.17, 15) is 9.18 Å². The second kappa shape index (κ2) is 10.0. The van der Waals surface area contributed by atoms with Gasteiger partial charge in [0.2, 0.25) is 0 Å². The van der Waals surface area contributed by atoms with Crippen LogP contribution >= 0.6 is 0 Å². The molecule has 1 unspecified atom stereocenters. The molecule has 9 heteroatoms. The van der Waals surface area contributed by atoms with Gasteiger partial charge in [-0.15, -0.1) is 5.10 Å². The Balaban J connectivity index is 1.38. The third kappa shape index (κ3) is 4.75. The summed E-state index contributed by atoms with van der Waals surface area (Å²) in [5, 5.41) is 14.0. The van der Waals surface area contributed by atoms with Crippen molar-refractivity contribution in [2.75, 3.05) is 31.1 Å². The third-order valence-corrected chi connectivity index (χ3v) is 7.88. The molecule has 0 radical (unpaired) electrons. The van der Waals surface area contributed by atoms with Gasteiger partial charge in [-0.25, -0.2) is 9.07 Å². The van der Waals surface area contributed by atoms with Gasteiger partial charge in [0.15, 0.2) is 5.82 Å². The Kier molecular flexibility index (Phi) is 6.46. The van der Waals surface area contributed by atoms with Crippen LogP contribution in [0.3, 0.4) is 0 Å². The van der Waals surface area contributed by atoms with E-state index in [-0.39, 0.29) is 23.5 Å². The SMILES string of the molecule is Cc1ccc2cc(C(c3nnnn3C3CCCCC3)N3CCN(c4ccc(F)cc4)CC3)c(=O)[nH]c2c1. The van der Waals surface area contributed by atoms with Crippen LogP contribution < -0.4 is 10.5 Å². The van der Waals surface area contributed by atoms with E-state index >= 15 is 0 Å². The lowest BCUT2D eigenvalue weighted by Gasteiger charge is -2.40. The molecule has 1 aliphatic heterocycles. The summed E-state index contributed by atoms with van der Waals surface area (Å²) in [5.74, 6) is 0.502. The number of halogens is 1. The average Bonchev–Trinajstić information content (AvgIpc) is 3.40. The number of hydrogen-bond donors (Lipinski definition) is 1. The molecule has 2 aromatic heterocycles. The molecular weight excluding hydrogens is 469 g/mol. The Morgan fingerprint density at radius 1 is 0.973 bits per heavy atom. The van der Waals surface area contributed by atoms with Gasteiger partial charge in [0, 0.05) is 42.9 Å². The highest BCUT2D eigenvalue weighted by molar-refractivity contribution is 5.79. The molecule has 1 saturated carbocycles. The molecule has 0 amide bonds. The number of tetrazole rings is 1. The number of piperazine rings is 1. The minimum absolute atomic E-state index is 0.109. The molecule has 37 heavy (non-hydrogen) atoms. The quantitative estimate of drug-likeness (QED) is 0.437. The maximum atomic E-state index is 13.5. The number of aryl methyl sites for hydroxylation is 1. The lowest BCUT2D eigenvalue weighted by atomic mass is 9.95. The molecule has 192 valence electrons. The molecular formula is C28H32FN7O. The van der Waals surface area contributed by atoms with Crippen LogP contribution in [0.2, 0.25) is 0 Å². The summed E-state index contributed by atoms with van der Waals surface area (Å²) >= 11 is 0. The van der Waals surface area contributed by atoms with Gasteiger partial charge in [-0.2, -0.15) is 0 Å². The average molecular weight is 502 g/mol. The Bertz CT molecular complexity index is 1430. The van der Waals surface area contributed by atoms with Crippen LogP contribution in [-0.4, -0.2) is 56.3 Å². The maximum absolute atomic E-state index is 13.5. The van der Waals surface area contributed by atoms with Gasteiger partial charge in [-0.05, 0) is 77.5 Å². The van der Waals surface area contributed by atoms with Gasteiger partial charge in [0.05, 0.1) is 6.04 Å². The van der Waals surface area contributed by atoms with E-state index in [0.29, 0.717) is 5.56 Å². The highest BCUT2D eigenvalue weighted by Crippen LogP contribution is 2.34. The van der Waals surface area contributed by atoms with Gasteiger partial charge in [-0.1, -0.05) is 31.4 Å². The number of hydrogen-bond acceptors (Lipinski definition) is 6. The first kappa shape index (κ1) is 23.8. The van der Waals surface area contributed by atoms with Crippen molar-refractivity contribution in [2.45, 2.75) is 51.1 Å². The van der Waals surface area contributed by atoms with Crippen molar-refractivity contribution in [1.82, 2.24) is 30.1 Å². The maximum Gasteiger partial charge on any atom is 0.253 e. The Morgan fingerprint density at radius 3 is 2.49 bits per heavy atom. The van der Waals surface area contributed by atoms with Crippen LogP contribution in [0.25, 0.3) is 10.9 Å². The van der Waals surface area contributed by atoms with Crippen molar-refractivity contribution in [3.8, 4) is 0 Å². The fourth-order valence-electron chi connectivity index (χ4n) is 5.89. The molecule has 2 fully saturated rings. The molecule has 6 rings (SSSR count). The first-order valence-corrected chi connectivity index (χ1v) is 13.2. The van der Waals surface area contributed by atoms with E-state index < -0.39 is 0 Å². The Labute approximate surface area is 215 Å². The summed E-state index contributed by atoms with van der Waals surface area (Å²) in [4.78, 5) is 21.2. The van der Waals surface area contributed by atoms with E-state index in [2.05, 4.69) is 42.4 Å². The fraction of sp³-hybridized carbons (Fsp3) is 0.429. The van der Waals surface area contributed by atoms with E-state index in [1.54, 1.807) is 0 Å². The number of H-pyrrole nitrogens is 1. The van der Waals surface area contributed by atoms with Crippen molar-refractivity contribution in [3.05, 3.63) is 81.7 Å². The molecule has 1 saturated heterocycles. The number of benzene rings is 2. The molecule has 0 spiro atoms. The van der Waals surface area contributed by atoms with Gasteiger partial charge in [0.25, 0.3) is 5.56 Å². The molecule has 0 bridgehead atoms. The summed E-state index contributed by atoms with van der Waals surface area (Å²) in [6, 6.07) is 14.7. The molecule has 3 heterocycles. The van der Waals surface area contributed by atoms with Crippen molar-refractivity contribution in [3.63, 3.8) is 0 Å². The number of aromatic amines is 1. The van der Waals surface area contributed by atoms with Crippen LogP contribution in [0, 0.1) is 12.7 Å². The molecule has 8 nitrogen and oxygen atoms in total. The summed E-state index contributed by atoms with van der Waals surface area (Å²) in [6.07, 6.45) is 5.68. The first-order valence-electron chi connectivity index (χ1n) is 13.2. The molecule has 2 aliphatic rings. The van der Waals surface area contributed by atoms with Crippen molar-refractivity contribution >= 4 is 16.6 Å². The minimum atomic E-state index is -0.359. The van der Waals surface area contributed by atoms with Crippen LogP contribution in [0.1, 0.15) is 61.1 Å². The summed E-state index contributed by atoms with van der Waals surface area (Å²) in [5.41, 5.74) is 3.50. The lowest BCUT2D eigenvalue weighted by molar-refractivity contribution is 0.192. The zero-order valence-electron chi connectivity index (χ0n) is 21.1. The van der Waals surface area contributed by atoms with Crippen LogP contribution in [0.15, 0.2) is 53.3 Å². The number of pyridine rings is 1. The Morgan fingerprint density at radius 2 is 1.73 bits per heavy atom. The first-order chi connectivity index (χ1) is 18.1. The molecule has 1 N–H and O–H groups in total. The largest absolute Gasteiger partial charge is 0.369 e. The van der Waals surface area contributed by atoms with Crippen LogP contribution in [0.4, 0.5) is 10.1 Å². The zero-order chi connectivity index (χ0) is 25.4. The highest BCUT2D eigenvalue weighted by Gasteiger charge is 2.34. The zero-order valence-corrected chi connectivity index (χ0v) is 21.1. The number of anilines is 1. The van der Waals surface area contributed by atoms with Crippen LogP contribution in [-0.2, 0) is 0 Å². The molecule has 2 aromatic carbocycles. The predicted molar refractivity (Wildman–Crippen MR) is 141 cm³/mol. The number of fused-ring (bicyclic) bond motifs is 1. The van der Waals surface area contributed by atoms with E-state index in [1.807, 2.05) is 35.9 Å². The summed E-state index contributed by atoms with van der Waals surface area (Å²) < 4.78 is 15.4. The summed E-state index contributed by atoms with van der Waals surface area (Å²) in [6.45, 7) is 5.00. The fourth-order valence-corrected chi connectivity index (χ4v) is 5.89. The van der Waals surface area contributed by atoms with E-state index in [0.717, 1.165) is 67.0 Å².